The monoisotopic (exact) mass is 469 g/mol. The standard InChI is InChI=1S/C24H28ClN5OS/c1-18-16-23-26-29(24(31)30(23)21-8-2-3-9-22(21)32-18)11-5-10-27-12-14-28(15-13-27)20-7-4-6-19(25)17-20/h2-4,6-9,17-18H,5,10-16H2,1H3. The molecule has 0 spiro atoms. The number of anilines is 1. The molecule has 1 unspecified atom stereocenters. The number of thioether (sulfide) groups is 1. The van der Waals surface area contributed by atoms with Gasteiger partial charge in [0, 0.05) is 66.5 Å². The van der Waals surface area contributed by atoms with Crippen molar-refractivity contribution in [2.24, 2.45) is 0 Å². The van der Waals surface area contributed by atoms with Gasteiger partial charge in [-0.05, 0) is 36.8 Å². The molecule has 0 saturated carbocycles. The molecule has 1 aromatic heterocycles. The highest BCUT2D eigenvalue weighted by atomic mass is 35.5. The maximum absolute atomic E-state index is 13.2. The molecule has 168 valence electrons. The summed E-state index contributed by atoms with van der Waals surface area (Å²) in [7, 11) is 0. The number of nitrogens with zero attached hydrogens (tertiary/aromatic N) is 5. The normalized spacial score (nSPS) is 18.8. The molecule has 2 aromatic carbocycles. The van der Waals surface area contributed by atoms with Crippen molar-refractivity contribution < 1.29 is 0 Å². The average molecular weight is 470 g/mol. The van der Waals surface area contributed by atoms with Crippen molar-refractivity contribution in [1.82, 2.24) is 19.2 Å². The summed E-state index contributed by atoms with van der Waals surface area (Å²) >= 11 is 7.96. The van der Waals surface area contributed by atoms with Gasteiger partial charge in [-0.1, -0.05) is 36.7 Å². The van der Waals surface area contributed by atoms with Gasteiger partial charge in [0.1, 0.15) is 5.82 Å². The second-order valence-electron chi connectivity index (χ2n) is 8.52. The molecule has 6 nitrogen and oxygen atoms in total. The molecule has 2 aliphatic heterocycles. The van der Waals surface area contributed by atoms with E-state index >= 15 is 0 Å². The molecule has 0 N–H and O–H groups in total. The van der Waals surface area contributed by atoms with Crippen LogP contribution in [0, 0.1) is 0 Å². The molecule has 3 heterocycles. The first kappa shape index (κ1) is 21.6. The molecule has 0 bridgehead atoms. The van der Waals surface area contributed by atoms with Crippen molar-refractivity contribution in [2.45, 2.75) is 36.5 Å². The number of rotatable bonds is 5. The molecule has 0 amide bonds. The van der Waals surface area contributed by atoms with Crippen molar-refractivity contribution in [1.29, 1.82) is 0 Å². The number of aromatic nitrogens is 3. The van der Waals surface area contributed by atoms with Crippen LogP contribution in [-0.4, -0.2) is 57.2 Å². The lowest BCUT2D eigenvalue weighted by Crippen LogP contribution is -2.46. The summed E-state index contributed by atoms with van der Waals surface area (Å²) in [5, 5.41) is 5.89. The molecule has 1 atom stereocenters. The van der Waals surface area contributed by atoms with Crippen LogP contribution in [0.25, 0.3) is 5.69 Å². The second kappa shape index (κ2) is 9.33. The van der Waals surface area contributed by atoms with Crippen molar-refractivity contribution in [2.75, 3.05) is 37.6 Å². The molecular weight excluding hydrogens is 442 g/mol. The van der Waals surface area contributed by atoms with Gasteiger partial charge >= 0.3 is 5.69 Å². The summed E-state index contributed by atoms with van der Waals surface area (Å²) in [6.45, 7) is 7.84. The molecule has 1 fully saturated rings. The molecule has 1 saturated heterocycles. The van der Waals surface area contributed by atoms with Crippen LogP contribution in [-0.2, 0) is 13.0 Å². The number of hydrogen-bond acceptors (Lipinski definition) is 5. The van der Waals surface area contributed by atoms with E-state index in [9.17, 15) is 4.79 Å². The molecular formula is C24H28ClN5OS. The van der Waals surface area contributed by atoms with Crippen LogP contribution in [0.15, 0.2) is 58.2 Å². The smallest absolute Gasteiger partial charge is 0.350 e. The number of benzene rings is 2. The average Bonchev–Trinajstić information content (AvgIpc) is 3.00. The van der Waals surface area contributed by atoms with E-state index in [1.54, 1.807) is 4.68 Å². The fraction of sp³-hybridized carbons (Fsp3) is 0.417. The van der Waals surface area contributed by atoms with Gasteiger partial charge in [0.05, 0.1) is 5.69 Å². The first-order chi connectivity index (χ1) is 15.6. The van der Waals surface area contributed by atoms with Gasteiger partial charge in [-0.3, -0.25) is 4.90 Å². The number of halogens is 1. The quantitative estimate of drug-likeness (QED) is 0.566. The van der Waals surface area contributed by atoms with Crippen LogP contribution in [0.4, 0.5) is 5.69 Å². The Morgan fingerprint density at radius 2 is 1.88 bits per heavy atom. The number of fused-ring (bicyclic) bond motifs is 3. The zero-order valence-corrected chi connectivity index (χ0v) is 19.9. The van der Waals surface area contributed by atoms with Crippen molar-refractivity contribution in [3.05, 3.63) is 69.9 Å². The maximum atomic E-state index is 13.2. The molecule has 0 radical (unpaired) electrons. The third-order valence-electron chi connectivity index (χ3n) is 6.20. The Kier molecular flexibility index (Phi) is 6.31. The zero-order valence-electron chi connectivity index (χ0n) is 18.3. The van der Waals surface area contributed by atoms with Crippen molar-refractivity contribution in [3.8, 4) is 5.69 Å². The van der Waals surface area contributed by atoms with Crippen LogP contribution in [0.1, 0.15) is 19.2 Å². The lowest BCUT2D eigenvalue weighted by molar-refractivity contribution is 0.248. The molecule has 3 aromatic rings. The van der Waals surface area contributed by atoms with E-state index in [2.05, 4.69) is 28.9 Å². The highest BCUT2D eigenvalue weighted by Gasteiger charge is 2.24. The summed E-state index contributed by atoms with van der Waals surface area (Å²) in [6, 6.07) is 16.2. The van der Waals surface area contributed by atoms with Crippen LogP contribution in [0.2, 0.25) is 5.02 Å². The lowest BCUT2D eigenvalue weighted by atomic mass is 10.2. The van der Waals surface area contributed by atoms with Gasteiger partial charge in [0.15, 0.2) is 0 Å². The first-order valence-corrected chi connectivity index (χ1v) is 12.5. The van der Waals surface area contributed by atoms with E-state index in [0.29, 0.717) is 11.8 Å². The summed E-state index contributed by atoms with van der Waals surface area (Å²) in [5.41, 5.74) is 2.13. The van der Waals surface area contributed by atoms with E-state index in [4.69, 9.17) is 16.7 Å². The van der Waals surface area contributed by atoms with Crippen molar-refractivity contribution in [3.63, 3.8) is 0 Å². The van der Waals surface area contributed by atoms with Crippen LogP contribution >= 0.6 is 23.4 Å². The predicted molar refractivity (Wildman–Crippen MR) is 132 cm³/mol. The molecule has 32 heavy (non-hydrogen) atoms. The highest BCUT2D eigenvalue weighted by molar-refractivity contribution is 8.00. The third-order valence-corrected chi connectivity index (χ3v) is 7.60. The number of para-hydroxylation sites is 1. The van der Waals surface area contributed by atoms with Crippen LogP contribution in [0.3, 0.4) is 0 Å². The summed E-state index contributed by atoms with van der Waals surface area (Å²) in [4.78, 5) is 19.2. The van der Waals surface area contributed by atoms with Crippen LogP contribution in [0.5, 0.6) is 0 Å². The molecule has 8 heteroatoms. The van der Waals surface area contributed by atoms with E-state index in [0.717, 1.165) is 67.0 Å². The highest BCUT2D eigenvalue weighted by Crippen LogP contribution is 2.33. The van der Waals surface area contributed by atoms with Gasteiger partial charge in [-0.25, -0.2) is 14.0 Å². The molecule has 0 aliphatic carbocycles. The Bertz CT molecular complexity index is 1150. The fourth-order valence-electron chi connectivity index (χ4n) is 4.58. The summed E-state index contributed by atoms with van der Waals surface area (Å²) < 4.78 is 3.48. The Hall–Kier alpha value is -2.22. The van der Waals surface area contributed by atoms with Crippen molar-refractivity contribution >= 4 is 29.1 Å². The minimum Gasteiger partial charge on any atom is -0.369 e. The summed E-state index contributed by atoms with van der Waals surface area (Å²) in [5.74, 6) is 0.870. The SMILES string of the molecule is CC1Cc2nn(CCCN3CCN(c4cccc(Cl)c4)CC3)c(=O)n2-c2ccccc2S1. The fourth-order valence-corrected chi connectivity index (χ4v) is 5.86. The van der Waals surface area contributed by atoms with E-state index < -0.39 is 0 Å². The van der Waals surface area contributed by atoms with Gasteiger partial charge in [0.2, 0.25) is 0 Å². The number of aryl methyl sites for hydroxylation is 1. The Morgan fingerprint density at radius 3 is 2.69 bits per heavy atom. The zero-order chi connectivity index (χ0) is 22.1. The van der Waals surface area contributed by atoms with Gasteiger partial charge < -0.3 is 4.90 Å². The molecule has 2 aliphatic rings. The molecule has 5 rings (SSSR count). The summed E-state index contributed by atoms with van der Waals surface area (Å²) in [6.07, 6.45) is 1.71. The van der Waals surface area contributed by atoms with Gasteiger partial charge in [-0.15, -0.1) is 11.8 Å². The van der Waals surface area contributed by atoms with E-state index in [1.807, 2.05) is 52.7 Å². The lowest BCUT2D eigenvalue weighted by Gasteiger charge is -2.36. The van der Waals surface area contributed by atoms with Gasteiger partial charge in [-0.2, -0.15) is 5.10 Å². The predicted octanol–water partition coefficient (Wildman–Crippen LogP) is 3.94. The Labute approximate surface area is 197 Å². The maximum Gasteiger partial charge on any atom is 0.350 e. The Morgan fingerprint density at radius 1 is 1.06 bits per heavy atom. The van der Waals surface area contributed by atoms with Gasteiger partial charge in [0.25, 0.3) is 0 Å². The third kappa shape index (κ3) is 4.47. The second-order valence-corrected chi connectivity index (χ2v) is 10.4. The van der Waals surface area contributed by atoms with E-state index in [1.165, 1.54) is 5.69 Å². The largest absolute Gasteiger partial charge is 0.369 e. The minimum atomic E-state index is -0.0204. The van der Waals surface area contributed by atoms with Crippen LogP contribution < -0.4 is 10.6 Å². The Balaban J connectivity index is 1.20. The number of piperazine rings is 1. The van der Waals surface area contributed by atoms with E-state index in [-0.39, 0.29) is 5.69 Å². The first-order valence-electron chi connectivity index (χ1n) is 11.3. The minimum absolute atomic E-state index is 0.0204. The number of hydrogen-bond donors (Lipinski definition) is 0. The topological polar surface area (TPSA) is 46.3 Å².